The molecule has 0 radical (unpaired) electrons. The van der Waals surface area contributed by atoms with Crippen LogP contribution in [-0.4, -0.2) is 38.7 Å². The molecular weight excluding hydrogens is 530 g/mol. The van der Waals surface area contributed by atoms with Crippen LogP contribution in [-0.2, 0) is 0 Å². The first kappa shape index (κ1) is 24.5. The Kier molecular flexibility index (Phi) is 7.46. The normalized spacial score (nSPS) is 10.9. The molecule has 37 heavy (non-hydrogen) atoms. The number of hydrogen-bond acceptors (Lipinski definition) is 5. The van der Waals surface area contributed by atoms with Crippen LogP contribution < -0.4 is 10.6 Å². The fourth-order valence-electron chi connectivity index (χ4n) is 4.20. The Morgan fingerprint density at radius 3 is 2.41 bits per heavy atom. The Hall–Kier alpha value is -4.17. The van der Waals surface area contributed by atoms with E-state index in [1.165, 1.54) is 0 Å². The van der Waals surface area contributed by atoms with E-state index in [9.17, 15) is 9.90 Å². The summed E-state index contributed by atoms with van der Waals surface area (Å²) in [6.45, 7) is 1.26. The van der Waals surface area contributed by atoms with Crippen molar-refractivity contribution in [3.8, 4) is 28.1 Å². The Morgan fingerprint density at radius 2 is 1.59 bits per heavy atom. The van der Waals surface area contributed by atoms with Crippen molar-refractivity contribution in [1.82, 2.24) is 19.9 Å². The van der Waals surface area contributed by atoms with E-state index < -0.39 is 0 Å². The minimum atomic E-state index is -0.0723. The lowest BCUT2D eigenvalue weighted by Crippen LogP contribution is -2.25. The number of aromatic nitrogens is 3. The summed E-state index contributed by atoms with van der Waals surface area (Å²) in [6, 6.07) is 26.6. The molecule has 0 bridgehead atoms. The van der Waals surface area contributed by atoms with Crippen molar-refractivity contribution in [3.05, 3.63) is 101 Å². The van der Waals surface area contributed by atoms with Gasteiger partial charge in [-0.3, -0.25) is 4.79 Å². The summed E-state index contributed by atoms with van der Waals surface area (Å²) < 4.78 is 2.50. The molecule has 186 valence electrons. The minimum absolute atomic E-state index is 0.0723. The van der Waals surface area contributed by atoms with Crippen molar-refractivity contribution in [1.29, 1.82) is 0 Å². The van der Waals surface area contributed by atoms with Crippen LogP contribution >= 0.6 is 15.9 Å². The van der Waals surface area contributed by atoms with E-state index in [1.807, 2.05) is 72.8 Å². The van der Waals surface area contributed by atoms with Gasteiger partial charge in [-0.05, 0) is 58.1 Å². The average molecular weight is 556 g/mol. The first-order chi connectivity index (χ1) is 18.1. The van der Waals surface area contributed by atoms with Gasteiger partial charge in [0.1, 0.15) is 11.6 Å². The van der Waals surface area contributed by atoms with Gasteiger partial charge in [0.15, 0.2) is 5.65 Å². The first-order valence-electron chi connectivity index (χ1n) is 12.1. The molecule has 0 aliphatic carbocycles. The zero-order valence-electron chi connectivity index (χ0n) is 20.1. The van der Waals surface area contributed by atoms with Crippen LogP contribution in [0.15, 0.2) is 95.6 Å². The second-order valence-corrected chi connectivity index (χ2v) is 9.43. The van der Waals surface area contributed by atoms with Crippen LogP contribution in [0.1, 0.15) is 23.2 Å². The maximum absolute atomic E-state index is 12.9. The van der Waals surface area contributed by atoms with E-state index in [0.29, 0.717) is 35.6 Å². The van der Waals surface area contributed by atoms with Crippen molar-refractivity contribution >= 4 is 33.3 Å². The number of amides is 1. The van der Waals surface area contributed by atoms with Crippen molar-refractivity contribution in [3.63, 3.8) is 0 Å². The predicted octanol–water partition coefficient (Wildman–Crippen LogP) is 6.15. The zero-order valence-corrected chi connectivity index (χ0v) is 21.6. The highest BCUT2D eigenvalue weighted by molar-refractivity contribution is 9.10. The van der Waals surface area contributed by atoms with E-state index >= 15 is 0 Å². The van der Waals surface area contributed by atoms with Gasteiger partial charge < -0.3 is 15.7 Å². The molecule has 8 heteroatoms. The van der Waals surface area contributed by atoms with E-state index in [1.54, 1.807) is 22.8 Å². The number of hydrogen-bond donors (Lipinski definition) is 3. The smallest absolute Gasteiger partial charge is 0.251 e. The van der Waals surface area contributed by atoms with Crippen LogP contribution in [0.25, 0.3) is 28.0 Å². The monoisotopic (exact) mass is 555 g/mol. The van der Waals surface area contributed by atoms with Gasteiger partial charge in [-0.25, -0.2) is 4.98 Å². The average Bonchev–Trinajstić information content (AvgIpc) is 3.31. The fraction of sp³-hybridized carbons (Fsp3) is 0.138. The standard InChI is InChI=1S/C29H26BrN5O2/c30-24-19-33-35-27(18-25(34-28(24)35)23-14-6-7-15-26(23)36)31-16-8-9-17-32-29(37)22-13-5-4-12-21(22)20-10-2-1-3-11-20/h1-7,10-15,18-19,31,36H,8-9,16-17H2,(H,32,37). The molecule has 0 aliphatic heterocycles. The Bertz CT molecular complexity index is 1530. The molecule has 5 rings (SSSR count). The lowest BCUT2D eigenvalue weighted by atomic mass is 9.99. The molecule has 0 fully saturated rings. The van der Waals surface area contributed by atoms with Gasteiger partial charge in [0.25, 0.3) is 5.91 Å². The quantitative estimate of drug-likeness (QED) is 0.190. The van der Waals surface area contributed by atoms with Crippen molar-refractivity contribution < 1.29 is 9.90 Å². The van der Waals surface area contributed by atoms with Gasteiger partial charge in [-0.15, -0.1) is 0 Å². The molecule has 3 N–H and O–H groups in total. The third kappa shape index (κ3) is 5.49. The minimum Gasteiger partial charge on any atom is -0.507 e. The number of nitrogens with one attached hydrogen (secondary N) is 2. The van der Waals surface area contributed by atoms with Crippen LogP contribution in [0.5, 0.6) is 5.75 Å². The first-order valence-corrected chi connectivity index (χ1v) is 12.9. The number of aromatic hydroxyl groups is 1. The number of anilines is 1. The second-order valence-electron chi connectivity index (χ2n) is 8.57. The molecule has 0 saturated carbocycles. The van der Waals surface area contributed by atoms with E-state index in [-0.39, 0.29) is 11.7 Å². The summed E-state index contributed by atoms with van der Waals surface area (Å²) in [5, 5.41) is 21.2. The molecule has 0 aliphatic rings. The topological polar surface area (TPSA) is 91.5 Å². The van der Waals surface area contributed by atoms with Crippen LogP contribution in [0.4, 0.5) is 5.82 Å². The van der Waals surface area contributed by atoms with E-state index in [4.69, 9.17) is 0 Å². The second kappa shape index (κ2) is 11.3. The molecular formula is C29H26BrN5O2. The number of benzene rings is 3. The number of unbranched alkanes of at least 4 members (excludes halogenated alkanes) is 1. The SMILES string of the molecule is O=C(NCCCCNc1cc(-c2ccccc2O)nc2c(Br)cnn12)c1ccccc1-c1ccccc1. The number of nitrogens with zero attached hydrogens (tertiary/aromatic N) is 3. The summed E-state index contributed by atoms with van der Waals surface area (Å²) >= 11 is 3.50. The van der Waals surface area contributed by atoms with Crippen molar-refractivity contribution in [2.24, 2.45) is 0 Å². The molecule has 0 spiro atoms. The highest BCUT2D eigenvalue weighted by Crippen LogP contribution is 2.31. The van der Waals surface area contributed by atoms with Gasteiger partial charge >= 0.3 is 0 Å². The van der Waals surface area contributed by atoms with Crippen LogP contribution in [0.2, 0.25) is 0 Å². The maximum Gasteiger partial charge on any atom is 0.251 e. The Balaban J connectivity index is 1.19. The third-order valence-electron chi connectivity index (χ3n) is 6.06. The molecule has 2 aromatic heterocycles. The summed E-state index contributed by atoms with van der Waals surface area (Å²) in [4.78, 5) is 17.5. The van der Waals surface area contributed by atoms with E-state index in [2.05, 4.69) is 36.6 Å². The largest absolute Gasteiger partial charge is 0.507 e. The number of rotatable bonds is 9. The highest BCUT2D eigenvalue weighted by atomic mass is 79.9. The number of halogens is 1. The summed E-state index contributed by atoms with van der Waals surface area (Å²) in [7, 11) is 0. The Morgan fingerprint density at radius 1 is 0.892 bits per heavy atom. The van der Waals surface area contributed by atoms with Gasteiger partial charge in [0.2, 0.25) is 0 Å². The molecule has 3 aromatic carbocycles. The summed E-state index contributed by atoms with van der Waals surface area (Å²) in [5.41, 5.74) is 4.59. The molecule has 0 unspecified atom stereocenters. The van der Waals surface area contributed by atoms with Gasteiger partial charge in [0, 0.05) is 30.3 Å². The predicted molar refractivity (Wildman–Crippen MR) is 150 cm³/mol. The zero-order chi connectivity index (χ0) is 25.6. The Labute approximate surface area is 223 Å². The number of phenolic OH excluding ortho intramolecular Hbond substituents is 1. The summed E-state index contributed by atoms with van der Waals surface area (Å²) in [5.74, 6) is 0.872. The molecule has 5 aromatic rings. The fourth-order valence-corrected chi connectivity index (χ4v) is 4.55. The lowest BCUT2D eigenvalue weighted by molar-refractivity contribution is 0.0953. The van der Waals surface area contributed by atoms with Gasteiger partial charge in [-0.1, -0.05) is 60.7 Å². The molecule has 7 nitrogen and oxygen atoms in total. The number of para-hydroxylation sites is 1. The van der Waals surface area contributed by atoms with Crippen LogP contribution in [0.3, 0.4) is 0 Å². The summed E-state index contributed by atoms with van der Waals surface area (Å²) in [6.07, 6.45) is 3.36. The molecule has 2 heterocycles. The maximum atomic E-state index is 12.9. The number of fused-ring (bicyclic) bond motifs is 1. The molecule has 1 amide bonds. The van der Waals surface area contributed by atoms with Crippen molar-refractivity contribution in [2.45, 2.75) is 12.8 Å². The van der Waals surface area contributed by atoms with Gasteiger partial charge in [0.05, 0.1) is 16.4 Å². The van der Waals surface area contributed by atoms with E-state index in [0.717, 1.165) is 34.3 Å². The number of carbonyl (C=O) groups is 1. The molecule has 0 atom stereocenters. The molecule has 0 saturated heterocycles. The number of carbonyl (C=O) groups excluding carboxylic acids is 1. The van der Waals surface area contributed by atoms with Crippen molar-refractivity contribution in [2.75, 3.05) is 18.4 Å². The lowest BCUT2D eigenvalue weighted by Gasteiger charge is -2.12. The number of phenols is 1. The third-order valence-corrected chi connectivity index (χ3v) is 6.62. The highest BCUT2D eigenvalue weighted by Gasteiger charge is 2.14. The van der Waals surface area contributed by atoms with Crippen LogP contribution in [0, 0.1) is 0 Å². The van der Waals surface area contributed by atoms with Gasteiger partial charge in [-0.2, -0.15) is 9.61 Å².